The minimum atomic E-state index is -4.38. The van der Waals surface area contributed by atoms with Gasteiger partial charge in [0, 0.05) is 29.7 Å². The summed E-state index contributed by atoms with van der Waals surface area (Å²) < 4.78 is 39.4. The van der Waals surface area contributed by atoms with Crippen molar-refractivity contribution in [3.63, 3.8) is 0 Å². The van der Waals surface area contributed by atoms with Crippen molar-refractivity contribution in [1.29, 1.82) is 0 Å². The number of anilines is 1. The van der Waals surface area contributed by atoms with Gasteiger partial charge in [-0.3, -0.25) is 5.43 Å². The first-order valence-corrected chi connectivity index (χ1v) is 6.82. The van der Waals surface area contributed by atoms with Crippen molar-refractivity contribution in [2.24, 2.45) is 5.10 Å². The first-order chi connectivity index (χ1) is 10.3. The van der Waals surface area contributed by atoms with E-state index in [2.05, 4.69) is 27.0 Å². The van der Waals surface area contributed by atoms with E-state index < -0.39 is 11.7 Å². The van der Waals surface area contributed by atoms with Crippen LogP contribution in [0.2, 0.25) is 0 Å². The van der Waals surface area contributed by atoms with Gasteiger partial charge >= 0.3 is 6.18 Å². The lowest BCUT2D eigenvalue weighted by atomic mass is 10.3. The smallest absolute Gasteiger partial charge is 0.349 e. The van der Waals surface area contributed by atoms with Crippen molar-refractivity contribution in [2.45, 2.75) is 33.5 Å². The third-order valence-electron chi connectivity index (χ3n) is 3.40. The van der Waals surface area contributed by atoms with Gasteiger partial charge in [-0.1, -0.05) is 0 Å². The molecule has 4 nitrogen and oxygen atoms in total. The van der Waals surface area contributed by atoms with Gasteiger partial charge in [-0.15, -0.1) is 0 Å². The molecule has 2 aromatic rings. The maximum Gasteiger partial charge on any atom is 0.417 e. The molecule has 0 aromatic carbocycles. The summed E-state index contributed by atoms with van der Waals surface area (Å²) in [4.78, 5) is 3.69. The molecule has 2 heterocycles. The number of nitrogens with one attached hydrogen (secondary N) is 1. The van der Waals surface area contributed by atoms with Gasteiger partial charge in [0.25, 0.3) is 0 Å². The molecule has 0 atom stereocenters. The van der Waals surface area contributed by atoms with Crippen molar-refractivity contribution in [3.8, 4) is 0 Å². The Bertz CT molecular complexity index is 669. The standard InChI is InChI=1S/C15H17F3N4/c1-4-22-10(2)7-12(11(22)3)8-20-21-14-6-5-13(9-19-14)15(16,17)18/h5-9H,4H2,1-3H3,(H,19,21)/b20-8-. The SMILES string of the molecule is CCn1c(C)cc(/C=N\Nc2ccc(C(F)(F)F)cn2)c1C. The number of aryl methyl sites for hydroxylation is 1. The van der Waals surface area contributed by atoms with Crippen LogP contribution in [0.3, 0.4) is 0 Å². The van der Waals surface area contributed by atoms with Crippen molar-refractivity contribution >= 4 is 12.0 Å². The van der Waals surface area contributed by atoms with Crippen LogP contribution in [0, 0.1) is 13.8 Å². The first-order valence-electron chi connectivity index (χ1n) is 6.82. The van der Waals surface area contributed by atoms with E-state index in [-0.39, 0.29) is 5.82 Å². The summed E-state index contributed by atoms with van der Waals surface area (Å²) in [6.45, 7) is 6.94. The van der Waals surface area contributed by atoms with E-state index in [4.69, 9.17) is 0 Å². The highest BCUT2D eigenvalue weighted by atomic mass is 19.4. The Kier molecular flexibility index (Phi) is 4.54. The van der Waals surface area contributed by atoms with Gasteiger partial charge in [0.15, 0.2) is 0 Å². The molecule has 7 heteroatoms. The van der Waals surface area contributed by atoms with E-state index in [0.29, 0.717) is 0 Å². The summed E-state index contributed by atoms with van der Waals surface area (Å²) in [5, 5.41) is 4.02. The van der Waals surface area contributed by atoms with Crippen LogP contribution in [0.25, 0.3) is 0 Å². The number of nitrogens with zero attached hydrogens (tertiary/aromatic N) is 3. The Hall–Kier alpha value is -2.31. The molecule has 0 aliphatic heterocycles. The molecule has 0 bridgehead atoms. The maximum atomic E-state index is 12.4. The van der Waals surface area contributed by atoms with Gasteiger partial charge in [-0.2, -0.15) is 18.3 Å². The van der Waals surface area contributed by atoms with Crippen LogP contribution < -0.4 is 5.43 Å². The van der Waals surface area contributed by atoms with Crippen LogP contribution in [0.5, 0.6) is 0 Å². The van der Waals surface area contributed by atoms with Crippen LogP contribution in [-0.2, 0) is 12.7 Å². The molecule has 0 amide bonds. The molecule has 0 saturated heterocycles. The number of hydrazone groups is 1. The van der Waals surface area contributed by atoms with E-state index in [1.165, 1.54) is 6.07 Å². The van der Waals surface area contributed by atoms with Crippen molar-refractivity contribution in [1.82, 2.24) is 9.55 Å². The zero-order chi connectivity index (χ0) is 16.3. The second-order valence-electron chi connectivity index (χ2n) is 4.87. The zero-order valence-corrected chi connectivity index (χ0v) is 12.6. The van der Waals surface area contributed by atoms with E-state index in [0.717, 1.165) is 35.8 Å². The molecule has 0 aliphatic carbocycles. The fourth-order valence-corrected chi connectivity index (χ4v) is 2.24. The summed E-state index contributed by atoms with van der Waals surface area (Å²) in [6, 6.07) is 4.22. The molecule has 0 saturated carbocycles. The summed E-state index contributed by atoms with van der Waals surface area (Å²) >= 11 is 0. The summed E-state index contributed by atoms with van der Waals surface area (Å²) in [5.41, 5.74) is 5.02. The Balaban J connectivity index is 2.07. The fourth-order valence-electron chi connectivity index (χ4n) is 2.24. The lowest BCUT2D eigenvalue weighted by molar-refractivity contribution is -0.137. The minimum absolute atomic E-state index is 0.258. The zero-order valence-electron chi connectivity index (χ0n) is 12.6. The summed E-state index contributed by atoms with van der Waals surface area (Å²) in [7, 11) is 0. The number of alkyl halides is 3. The monoisotopic (exact) mass is 310 g/mol. The highest BCUT2D eigenvalue weighted by molar-refractivity contribution is 5.82. The lowest BCUT2D eigenvalue weighted by Gasteiger charge is -2.06. The van der Waals surface area contributed by atoms with Crippen LogP contribution in [0.4, 0.5) is 19.0 Å². The molecule has 2 aromatic heterocycles. The van der Waals surface area contributed by atoms with Gasteiger partial charge in [0.1, 0.15) is 5.82 Å². The largest absolute Gasteiger partial charge is 0.417 e. The molecule has 0 spiro atoms. The molecule has 0 fully saturated rings. The Morgan fingerprint density at radius 3 is 2.55 bits per heavy atom. The number of rotatable bonds is 4. The molecule has 118 valence electrons. The predicted molar refractivity (Wildman–Crippen MR) is 80.0 cm³/mol. The van der Waals surface area contributed by atoms with Gasteiger partial charge < -0.3 is 4.57 Å². The molecule has 0 aliphatic rings. The normalized spacial score (nSPS) is 12.1. The molecule has 0 radical (unpaired) electrons. The number of hydrogen-bond acceptors (Lipinski definition) is 3. The average molecular weight is 310 g/mol. The van der Waals surface area contributed by atoms with Crippen molar-refractivity contribution in [2.75, 3.05) is 5.43 Å². The third kappa shape index (κ3) is 3.47. The number of hydrogen-bond donors (Lipinski definition) is 1. The quantitative estimate of drug-likeness (QED) is 0.685. The molecule has 22 heavy (non-hydrogen) atoms. The minimum Gasteiger partial charge on any atom is -0.349 e. The molecule has 2 rings (SSSR count). The Labute approximate surface area is 126 Å². The lowest BCUT2D eigenvalue weighted by Crippen LogP contribution is -2.05. The topological polar surface area (TPSA) is 42.2 Å². The van der Waals surface area contributed by atoms with Crippen LogP contribution >= 0.6 is 0 Å². The molecule has 1 N–H and O–H groups in total. The van der Waals surface area contributed by atoms with Crippen LogP contribution in [-0.4, -0.2) is 15.8 Å². The maximum absolute atomic E-state index is 12.4. The first kappa shape index (κ1) is 16.1. The van der Waals surface area contributed by atoms with Crippen LogP contribution in [0.15, 0.2) is 29.5 Å². The summed E-state index contributed by atoms with van der Waals surface area (Å²) in [5.74, 6) is 0.258. The molecular weight excluding hydrogens is 293 g/mol. The molecular formula is C15H17F3N4. The van der Waals surface area contributed by atoms with Crippen LogP contribution in [0.1, 0.15) is 29.4 Å². The van der Waals surface area contributed by atoms with Crippen molar-refractivity contribution < 1.29 is 13.2 Å². The number of halogens is 3. The second-order valence-corrected chi connectivity index (χ2v) is 4.87. The van der Waals surface area contributed by atoms with Gasteiger partial charge in [0.05, 0.1) is 11.8 Å². The van der Waals surface area contributed by atoms with Gasteiger partial charge in [-0.05, 0) is 39.0 Å². The Morgan fingerprint density at radius 2 is 2.05 bits per heavy atom. The fraction of sp³-hybridized carbons (Fsp3) is 0.333. The number of aromatic nitrogens is 2. The molecule has 0 unspecified atom stereocenters. The average Bonchev–Trinajstić information content (AvgIpc) is 2.72. The van der Waals surface area contributed by atoms with Gasteiger partial charge in [0.2, 0.25) is 0 Å². The number of pyridine rings is 1. The van der Waals surface area contributed by atoms with E-state index in [1.54, 1.807) is 6.21 Å². The summed E-state index contributed by atoms with van der Waals surface area (Å²) in [6.07, 6.45) is -1.97. The third-order valence-corrected chi connectivity index (χ3v) is 3.40. The Morgan fingerprint density at radius 1 is 1.32 bits per heavy atom. The van der Waals surface area contributed by atoms with E-state index in [9.17, 15) is 13.2 Å². The van der Waals surface area contributed by atoms with E-state index >= 15 is 0 Å². The van der Waals surface area contributed by atoms with Gasteiger partial charge in [-0.25, -0.2) is 4.98 Å². The van der Waals surface area contributed by atoms with E-state index in [1.807, 2.05) is 19.9 Å². The highest BCUT2D eigenvalue weighted by Gasteiger charge is 2.30. The van der Waals surface area contributed by atoms with Crippen molar-refractivity contribution in [3.05, 3.63) is 46.9 Å². The second kappa shape index (κ2) is 6.21. The predicted octanol–water partition coefficient (Wildman–Crippen LogP) is 3.98. The highest BCUT2D eigenvalue weighted by Crippen LogP contribution is 2.28.